The molecule has 0 atom stereocenters. The molecule has 0 saturated carbocycles. The van der Waals surface area contributed by atoms with Crippen LogP contribution in [0.25, 0.3) is 10.9 Å². The van der Waals surface area contributed by atoms with Gasteiger partial charge >= 0.3 is 0 Å². The maximum atomic E-state index is 5.53. The zero-order valence-electron chi connectivity index (χ0n) is 6.86. The van der Waals surface area contributed by atoms with Crippen LogP contribution in [-0.2, 0) is 13.6 Å². The van der Waals surface area contributed by atoms with E-state index in [1.165, 1.54) is 0 Å². The zero-order chi connectivity index (χ0) is 8.55. The summed E-state index contributed by atoms with van der Waals surface area (Å²) in [5.74, 6) is 0. The lowest BCUT2D eigenvalue weighted by molar-refractivity contribution is 0.766. The molecule has 2 rings (SSSR count). The van der Waals surface area contributed by atoms with Gasteiger partial charge < -0.3 is 5.73 Å². The largest absolute Gasteiger partial charge is 0.325 e. The molecule has 4 nitrogen and oxygen atoms in total. The fraction of sp³-hybridized carbons (Fsp3) is 0.250. The Labute approximate surface area is 70.0 Å². The number of nitrogens with zero attached hydrogens (tertiary/aromatic N) is 3. The van der Waals surface area contributed by atoms with Crippen LogP contribution in [0, 0.1) is 0 Å². The Morgan fingerprint density at radius 1 is 1.58 bits per heavy atom. The van der Waals surface area contributed by atoms with Crippen molar-refractivity contribution in [3.05, 3.63) is 24.2 Å². The molecule has 0 amide bonds. The van der Waals surface area contributed by atoms with E-state index in [-0.39, 0.29) is 0 Å². The first-order chi connectivity index (χ1) is 5.83. The van der Waals surface area contributed by atoms with Crippen molar-refractivity contribution in [1.82, 2.24) is 14.8 Å². The Balaban J connectivity index is 2.82. The van der Waals surface area contributed by atoms with E-state index in [1.54, 1.807) is 12.4 Å². The fourth-order valence-electron chi connectivity index (χ4n) is 1.33. The van der Waals surface area contributed by atoms with Crippen LogP contribution in [-0.4, -0.2) is 14.8 Å². The molecule has 0 aliphatic rings. The van der Waals surface area contributed by atoms with Gasteiger partial charge in [-0.05, 0) is 6.07 Å². The van der Waals surface area contributed by atoms with Crippen LogP contribution in [0.5, 0.6) is 0 Å². The first-order valence-electron chi connectivity index (χ1n) is 3.78. The second-order valence-electron chi connectivity index (χ2n) is 2.67. The molecule has 2 aromatic rings. The predicted molar refractivity (Wildman–Crippen MR) is 46.4 cm³/mol. The SMILES string of the molecule is Cn1nc(CN)c2cnccc21. The normalized spacial score (nSPS) is 10.8. The third-order valence-electron chi connectivity index (χ3n) is 1.92. The van der Waals surface area contributed by atoms with Crippen LogP contribution in [0.1, 0.15) is 5.69 Å². The minimum absolute atomic E-state index is 0.461. The molecular formula is C8H10N4. The van der Waals surface area contributed by atoms with Crippen molar-refractivity contribution in [2.24, 2.45) is 12.8 Å². The molecule has 0 saturated heterocycles. The van der Waals surface area contributed by atoms with Gasteiger partial charge in [0.25, 0.3) is 0 Å². The molecular weight excluding hydrogens is 152 g/mol. The van der Waals surface area contributed by atoms with Crippen LogP contribution in [0.15, 0.2) is 18.5 Å². The van der Waals surface area contributed by atoms with E-state index in [1.807, 2.05) is 17.8 Å². The highest BCUT2D eigenvalue weighted by Gasteiger charge is 2.04. The average molecular weight is 162 g/mol. The van der Waals surface area contributed by atoms with Crippen LogP contribution in [0.2, 0.25) is 0 Å². The maximum Gasteiger partial charge on any atom is 0.0854 e. The van der Waals surface area contributed by atoms with Gasteiger partial charge in [-0.2, -0.15) is 5.10 Å². The van der Waals surface area contributed by atoms with Crippen LogP contribution < -0.4 is 5.73 Å². The highest BCUT2D eigenvalue weighted by atomic mass is 15.3. The summed E-state index contributed by atoms with van der Waals surface area (Å²) in [5.41, 5.74) is 7.50. The van der Waals surface area contributed by atoms with Crippen molar-refractivity contribution in [1.29, 1.82) is 0 Å². The Morgan fingerprint density at radius 2 is 2.42 bits per heavy atom. The number of hydrogen-bond acceptors (Lipinski definition) is 3. The minimum atomic E-state index is 0.461. The van der Waals surface area contributed by atoms with Crippen molar-refractivity contribution in [3.63, 3.8) is 0 Å². The average Bonchev–Trinajstić information content (AvgIpc) is 2.44. The van der Waals surface area contributed by atoms with Crippen molar-refractivity contribution in [2.75, 3.05) is 0 Å². The predicted octanol–water partition coefficient (Wildman–Crippen LogP) is 0.427. The number of pyridine rings is 1. The molecule has 2 aromatic heterocycles. The highest BCUT2D eigenvalue weighted by molar-refractivity contribution is 5.80. The first kappa shape index (κ1) is 7.24. The zero-order valence-corrected chi connectivity index (χ0v) is 6.86. The van der Waals surface area contributed by atoms with E-state index < -0.39 is 0 Å². The molecule has 0 spiro atoms. The maximum absolute atomic E-state index is 5.53. The topological polar surface area (TPSA) is 56.7 Å². The second-order valence-corrected chi connectivity index (χ2v) is 2.67. The Bertz CT molecular complexity index is 404. The van der Waals surface area contributed by atoms with Crippen LogP contribution in [0.4, 0.5) is 0 Å². The fourth-order valence-corrected chi connectivity index (χ4v) is 1.33. The lowest BCUT2D eigenvalue weighted by Gasteiger charge is -1.89. The van der Waals surface area contributed by atoms with Crippen molar-refractivity contribution in [2.45, 2.75) is 6.54 Å². The second kappa shape index (κ2) is 2.57. The number of rotatable bonds is 1. The summed E-state index contributed by atoms with van der Waals surface area (Å²) in [7, 11) is 1.90. The molecule has 2 heterocycles. The number of nitrogens with two attached hydrogens (primary N) is 1. The summed E-state index contributed by atoms with van der Waals surface area (Å²) >= 11 is 0. The van der Waals surface area contributed by atoms with Gasteiger partial charge in [-0.1, -0.05) is 0 Å². The standard InChI is InChI=1S/C8H10N4/c1-12-8-2-3-10-5-6(8)7(4-9)11-12/h2-3,5H,4,9H2,1H3. The summed E-state index contributed by atoms with van der Waals surface area (Å²) in [4.78, 5) is 4.03. The molecule has 4 heteroatoms. The Kier molecular flexibility index (Phi) is 1.55. The van der Waals surface area contributed by atoms with E-state index in [0.717, 1.165) is 16.6 Å². The number of aromatic nitrogens is 3. The molecule has 62 valence electrons. The first-order valence-corrected chi connectivity index (χ1v) is 3.78. The Hall–Kier alpha value is -1.42. The summed E-state index contributed by atoms with van der Waals surface area (Å²) in [5, 5.41) is 5.30. The van der Waals surface area contributed by atoms with Gasteiger partial charge in [0.05, 0.1) is 11.2 Å². The lowest BCUT2D eigenvalue weighted by atomic mass is 10.2. The van der Waals surface area contributed by atoms with E-state index >= 15 is 0 Å². The summed E-state index contributed by atoms with van der Waals surface area (Å²) in [6.07, 6.45) is 3.55. The van der Waals surface area contributed by atoms with Gasteiger partial charge in [0.2, 0.25) is 0 Å². The molecule has 0 bridgehead atoms. The smallest absolute Gasteiger partial charge is 0.0854 e. The summed E-state index contributed by atoms with van der Waals surface area (Å²) < 4.78 is 1.82. The van der Waals surface area contributed by atoms with Gasteiger partial charge in [-0.25, -0.2) is 0 Å². The van der Waals surface area contributed by atoms with Crippen LogP contribution in [0.3, 0.4) is 0 Å². The minimum Gasteiger partial charge on any atom is -0.325 e. The molecule has 0 fully saturated rings. The van der Waals surface area contributed by atoms with E-state index in [9.17, 15) is 0 Å². The van der Waals surface area contributed by atoms with Crippen molar-refractivity contribution in [3.8, 4) is 0 Å². The van der Waals surface area contributed by atoms with E-state index in [4.69, 9.17) is 5.73 Å². The van der Waals surface area contributed by atoms with E-state index in [2.05, 4.69) is 10.1 Å². The monoisotopic (exact) mass is 162 g/mol. The van der Waals surface area contributed by atoms with Gasteiger partial charge in [0, 0.05) is 31.4 Å². The molecule has 0 aliphatic heterocycles. The molecule has 0 aliphatic carbocycles. The summed E-state index contributed by atoms with van der Waals surface area (Å²) in [6.45, 7) is 0.461. The number of aryl methyl sites for hydroxylation is 1. The van der Waals surface area contributed by atoms with Gasteiger partial charge in [-0.15, -0.1) is 0 Å². The van der Waals surface area contributed by atoms with Gasteiger partial charge in [0.1, 0.15) is 0 Å². The highest BCUT2D eigenvalue weighted by Crippen LogP contribution is 2.14. The lowest BCUT2D eigenvalue weighted by Crippen LogP contribution is -1.98. The van der Waals surface area contributed by atoms with Crippen LogP contribution >= 0.6 is 0 Å². The summed E-state index contributed by atoms with van der Waals surface area (Å²) in [6, 6.07) is 1.93. The third kappa shape index (κ3) is 0.887. The molecule has 0 radical (unpaired) electrons. The third-order valence-corrected chi connectivity index (χ3v) is 1.92. The van der Waals surface area contributed by atoms with Gasteiger partial charge in [-0.3, -0.25) is 9.67 Å². The van der Waals surface area contributed by atoms with E-state index in [0.29, 0.717) is 6.54 Å². The number of hydrogen-bond donors (Lipinski definition) is 1. The molecule has 0 unspecified atom stereocenters. The van der Waals surface area contributed by atoms with Crippen molar-refractivity contribution < 1.29 is 0 Å². The van der Waals surface area contributed by atoms with Crippen molar-refractivity contribution >= 4 is 10.9 Å². The quantitative estimate of drug-likeness (QED) is 0.661. The number of fused-ring (bicyclic) bond motifs is 1. The Morgan fingerprint density at radius 3 is 3.17 bits per heavy atom. The van der Waals surface area contributed by atoms with Gasteiger partial charge in [0.15, 0.2) is 0 Å². The molecule has 0 aromatic carbocycles. The molecule has 2 N–H and O–H groups in total. The molecule has 12 heavy (non-hydrogen) atoms.